The molecular weight excluding hydrogens is 398 g/mol. The molecule has 0 aliphatic carbocycles. The third kappa shape index (κ3) is 8.58. The van der Waals surface area contributed by atoms with Gasteiger partial charge in [-0.1, -0.05) is 68.9 Å². The molecular formula is C26H39N5O. The Morgan fingerprint density at radius 2 is 1.72 bits per heavy atom. The Bertz CT molecular complexity index is 858. The second-order valence-electron chi connectivity index (χ2n) is 8.87. The molecule has 1 amide bonds. The van der Waals surface area contributed by atoms with Crippen molar-refractivity contribution in [2.24, 2.45) is 0 Å². The van der Waals surface area contributed by atoms with Crippen LogP contribution in [0.4, 0.5) is 0 Å². The first-order valence-corrected chi connectivity index (χ1v) is 12.4. The van der Waals surface area contributed by atoms with Crippen molar-refractivity contribution in [3.8, 4) is 11.3 Å². The number of nitrogens with zero attached hydrogens (tertiary/aromatic N) is 2. The minimum atomic E-state index is 0.204. The monoisotopic (exact) mass is 437 g/mol. The van der Waals surface area contributed by atoms with E-state index in [-0.39, 0.29) is 5.91 Å². The smallest absolute Gasteiger partial charge is 0.220 e. The number of benzene rings is 1. The number of aromatic nitrogens is 2. The quantitative estimate of drug-likeness (QED) is 0.383. The lowest BCUT2D eigenvalue weighted by Gasteiger charge is -2.11. The summed E-state index contributed by atoms with van der Waals surface area (Å²) in [5.74, 6) is 0.204. The van der Waals surface area contributed by atoms with E-state index in [2.05, 4.69) is 27.9 Å². The first-order chi connectivity index (χ1) is 15.7. The summed E-state index contributed by atoms with van der Waals surface area (Å²) in [6.07, 6.45) is 12.3. The van der Waals surface area contributed by atoms with Gasteiger partial charge >= 0.3 is 0 Å². The predicted molar refractivity (Wildman–Crippen MR) is 129 cm³/mol. The molecule has 3 rings (SSSR count). The summed E-state index contributed by atoms with van der Waals surface area (Å²) in [5.41, 5.74) is 2.48. The Morgan fingerprint density at radius 3 is 2.44 bits per heavy atom. The van der Waals surface area contributed by atoms with Crippen LogP contribution in [-0.4, -0.2) is 34.8 Å². The maximum Gasteiger partial charge on any atom is 0.220 e. The van der Waals surface area contributed by atoms with Crippen molar-refractivity contribution in [1.82, 2.24) is 20.4 Å². The SMILES string of the molecule is N=c1ccc(-c2ccccc2)nn1CCCCCCCCCCC(=O)NCC1CCCN1. The third-order valence-electron chi connectivity index (χ3n) is 6.21. The Kier molecular flexibility index (Phi) is 10.5. The first-order valence-electron chi connectivity index (χ1n) is 12.4. The van der Waals surface area contributed by atoms with E-state index in [1.807, 2.05) is 35.0 Å². The zero-order valence-electron chi connectivity index (χ0n) is 19.3. The van der Waals surface area contributed by atoms with Crippen LogP contribution in [0, 0.1) is 5.41 Å². The summed E-state index contributed by atoms with van der Waals surface area (Å²) in [7, 11) is 0. The van der Waals surface area contributed by atoms with Gasteiger partial charge in [-0.15, -0.1) is 0 Å². The van der Waals surface area contributed by atoms with Crippen LogP contribution in [0.2, 0.25) is 0 Å². The largest absolute Gasteiger partial charge is 0.355 e. The summed E-state index contributed by atoms with van der Waals surface area (Å²) in [5, 5.41) is 19.2. The number of carbonyl (C=O) groups excluding carboxylic acids is 1. The van der Waals surface area contributed by atoms with Gasteiger partial charge in [-0.3, -0.25) is 10.2 Å². The van der Waals surface area contributed by atoms with Crippen LogP contribution in [0.25, 0.3) is 11.3 Å². The molecule has 0 saturated carbocycles. The lowest BCUT2D eigenvalue weighted by Crippen LogP contribution is -2.37. The number of unbranched alkanes of at least 4 members (excludes halogenated alkanes) is 7. The van der Waals surface area contributed by atoms with Crippen LogP contribution >= 0.6 is 0 Å². The van der Waals surface area contributed by atoms with Crippen molar-refractivity contribution in [3.05, 3.63) is 48.0 Å². The predicted octanol–water partition coefficient (Wildman–Crippen LogP) is 4.41. The fourth-order valence-corrected chi connectivity index (χ4v) is 4.26. The highest BCUT2D eigenvalue weighted by molar-refractivity contribution is 5.75. The summed E-state index contributed by atoms with van der Waals surface area (Å²) < 4.78 is 1.82. The van der Waals surface area contributed by atoms with Crippen LogP contribution < -0.4 is 16.1 Å². The van der Waals surface area contributed by atoms with Gasteiger partial charge in [-0.25, -0.2) is 4.68 Å². The maximum atomic E-state index is 11.9. The number of amides is 1. The Balaban J connectivity index is 1.19. The van der Waals surface area contributed by atoms with Gasteiger partial charge in [-0.05, 0) is 44.4 Å². The number of hydrogen-bond acceptors (Lipinski definition) is 4. The summed E-state index contributed by atoms with van der Waals surface area (Å²) in [6, 6.07) is 14.4. The lowest BCUT2D eigenvalue weighted by molar-refractivity contribution is -0.121. The maximum absolute atomic E-state index is 11.9. The molecule has 1 atom stereocenters. The summed E-state index contributed by atoms with van der Waals surface area (Å²) in [4.78, 5) is 11.9. The van der Waals surface area contributed by atoms with Gasteiger partial charge in [0.1, 0.15) is 5.49 Å². The van der Waals surface area contributed by atoms with E-state index in [0.717, 1.165) is 50.2 Å². The highest BCUT2D eigenvalue weighted by Gasteiger charge is 2.14. The Hall–Kier alpha value is -2.47. The second kappa shape index (κ2) is 13.8. The molecule has 1 unspecified atom stereocenters. The molecule has 2 aromatic rings. The molecule has 6 nitrogen and oxygen atoms in total. The molecule has 3 N–H and O–H groups in total. The molecule has 32 heavy (non-hydrogen) atoms. The van der Waals surface area contributed by atoms with Crippen molar-refractivity contribution in [3.63, 3.8) is 0 Å². The standard InChI is InChI=1S/C26H39N5O/c27-25-18-17-24(22-13-8-7-9-14-22)30-31(25)20-11-6-4-2-1-3-5-10-16-26(32)29-21-23-15-12-19-28-23/h7-9,13-14,17-18,23,27-28H,1-6,10-12,15-16,19-21H2,(H,29,32). The first kappa shape index (κ1) is 24.2. The molecule has 2 heterocycles. The van der Waals surface area contributed by atoms with Gasteiger partial charge in [0.05, 0.1) is 5.69 Å². The lowest BCUT2D eigenvalue weighted by atomic mass is 10.1. The van der Waals surface area contributed by atoms with Gasteiger partial charge in [-0.2, -0.15) is 5.10 Å². The fraction of sp³-hybridized carbons (Fsp3) is 0.577. The number of nitrogens with one attached hydrogen (secondary N) is 3. The molecule has 0 spiro atoms. The average molecular weight is 438 g/mol. The van der Waals surface area contributed by atoms with E-state index >= 15 is 0 Å². The molecule has 0 radical (unpaired) electrons. The molecule has 1 fully saturated rings. The Morgan fingerprint density at radius 1 is 1.00 bits per heavy atom. The Labute approximate surface area is 192 Å². The zero-order valence-corrected chi connectivity index (χ0v) is 19.3. The van der Waals surface area contributed by atoms with E-state index in [1.165, 1.54) is 44.9 Å². The van der Waals surface area contributed by atoms with Crippen molar-refractivity contribution in [1.29, 1.82) is 5.41 Å². The number of hydrogen-bond donors (Lipinski definition) is 3. The van der Waals surface area contributed by atoms with Gasteiger partial charge in [0.2, 0.25) is 5.91 Å². The molecule has 1 saturated heterocycles. The van der Waals surface area contributed by atoms with Gasteiger partial charge < -0.3 is 10.6 Å². The molecule has 1 aromatic carbocycles. The highest BCUT2D eigenvalue weighted by atomic mass is 16.1. The molecule has 1 aliphatic heterocycles. The zero-order chi connectivity index (χ0) is 22.4. The minimum absolute atomic E-state index is 0.204. The van der Waals surface area contributed by atoms with Gasteiger partial charge in [0.25, 0.3) is 0 Å². The van der Waals surface area contributed by atoms with Gasteiger partial charge in [0, 0.05) is 31.1 Å². The van der Waals surface area contributed by atoms with E-state index in [0.29, 0.717) is 18.0 Å². The van der Waals surface area contributed by atoms with Crippen molar-refractivity contribution >= 4 is 5.91 Å². The average Bonchev–Trinajstić information content (AvgIpc) is 3.34. The molecule has 1 aromatic heterocycles. The van der Waals surface area contributed by atoms with E-state index in [4.69, 9.17) is 5.41 Å². The van der Waals surface area contributed by atoms with Crippen molar-refractivity contribution < 1.29 is 4.79 Å². The molecule has 0 bridgehead atoms. The molecule has 6 heteroatoms. The summed E-state index contributed by atoms with van der Waals surface area (Å²) in [6.45, 7) is 2.67. The number of rotatable bonds is 14. The number of carbonyl (C=O) groups is 1. The minimum Gasteiger partial charge on any atom is -0.355 e. The normalized spacial score (nSPS) is 15.7. The van der Waals surface area contributed by atoms with Crippen LogP contribution in [-0.2, 0) is 11.3 Å². The van der Waals surface area contributed by atoms with Crippen LogP contribution in [0.15, 0.2) is 42.5 Å². The topological polar surface area (TPSA) is 82.8 Å². The molecule has 174 valence electrons. The second-order valence-corrected chi connectivity index (χ2v) is 8.87. The van der Waals surface area contributed by atoms with Crippen LogP contribution in [0.3, 0.4) is 0 Å². The van der Waals surface area contributed by atoms with E-state index < -0.39 is 0 Å². The van der Waals surface area contributed by atoms with E-state index in [1.54, 1.807) is 0 Å². The third-order valence-corrected chi connectivity index (χ3v) is 6.21. The fourth-order valence-electron chi connectivity index (χ4n) is 4.26. The van der Waals surface area contributed by atoms with Gasteiger partial charge in [0.15, 0.2) is 0 Å². The summed E-state index contributed by atoms with van der Waals surface area (Å²) >= 11 is 0. The van der Waals surface area contributed by atoms with Crippen molar-refractivity contribution in [2.75, 3.05) is 13.1 Å². The van der Waals surface area contributed by atoms with Crippen molar-refractivity contribution in [2.45, 2.75) is 83.2 Å². The van der Waals surface area contributed by atoms with Crippen LogP contribution in [0.1, 0.15) is 70.6 Å². The van der Waals surface area contributed by atoms with E-state index in [9.17, 15) is 4.79 Å². The highest BCUT2D eigenvalue weighted by Crippen LogP contribution is 2.14. The van der Waals surface area contributed by atoms with Crippen LogP contribution in [0.5, 0.6) is 0 Å². The number of aryl methyl sites for hydroxylation is 1. The molecule has 1 aliphatic rings.